The van der Waals surface area contributed by atoms with Crippen molar-refractivity contribution in [1.82, 2.24) is 20.4 Å². The summed E-state index contributed by atoms with van der Waals surface area (Å²) in [4.78, 5) is 25.3. The summed E-state index contributed by atoms with van der Waals surface area (Å²) < 4.78 is 1.66. The monoisotopic (exact) mass is 382 g/mol. The topological polar surface area (TPSA) is 76.0 Å². The van der Waals surface area contributed by atoms with Crippen LogP contribution in [-0.2, 0) is 6.54 Å². The lowest BCUT2D eigenvalue weighted by molar-refractivity contribution is 0.235. The van der Waals surface area contributed by atoms with Gasteiger partial charge in [-0.15, -0.1) is 0 Å². The summed E-state index contributed by atoms with van der Waals surface area (Å²) in [6.45, 7) is 0.325. The van der Waals surface area contributed by atoms with Crippen LogP contribution in [0.3, 0.4) is 0 Å². The van der Waals surface area contributed by atoms with Gasteiger partial charge in [-0.3, -0.25) is 4.79 Å². The molecule has 2 N–H and O–H groups in total. The van der Waals surface area contributed by atoms with Gasteiger partial charge in [-0.25, -0.2) is 9.48 Å². The van der Waals surface area contributed by atoms with Crippen LogP contribution in [0.1, 0.15) is 75.9 Å². The number of carbonyl (C=O) groups excluding carboxylic acids is 1. The zero-order chi connectivity index (χ0) is 19.3. The van der Waals surface area contributed by atoms with Crippen LogP contribution in [0.4, 0.5) is 4.79 Å². The van der Waals surface area contributed by atoms with Crippen LogP contribution >= 0.6 is 0 Å². The first-order valence-corrected chi connectivity index (χ1v) is 10.8. The largest absolute Gasteiger partial charge is 0.335 e. The van der Waals surface area contributed by atoms with E-state index in [-0.39, 0.29) is 23.7 Å². The highest BCUT2D eigenvalue weighted by molar-refractivity contribution is 5.84. The van der Waals surface area contributed by atoms with Crippen molar-refractivity contribution in [2.75, 3.05) is 0 Å². The van der Waals surface area contributed by atoms with Crippen molar-refractivity contribution in [3.8, 4) is 0 Å². The van der Waals surface area contributed by atoms with Crippen molar-refractivity contribution in [1.29, 1.82) is 0 Å². The third-order valence-corrected chi connectivity index (χ3v) is 6.18. The molecule has 1 heterocycles. The Morgan fingerprint density at radius 2 is 1.61 bits per heavy atom. The molecule has 0 spiro atoms. The third kappa shape index (κ3) is 4.21. The molecular formula is C22H30N4O2. The van der Waals surface area contributed by atoms with Crippen LogP contribution in [0.5, 0.6) is 0 Å². The number of aromatic nitrogens is 2. The molecule has 0 aliphatic heterocycles. The Bertz CT molecular complexity index is 878. The number of carbonyl (C=O) groups is 1. The van der Waals surface area contributed by atoms with Gasteiger partial charge in [0.1, 0.15) is 0 Å². The minimum absolute atomic E-state index is 0.0193. The van der Waals surface area contributed by atoms with Crippen LogP contribution in [0.2, 0.25) is 0 Å². The van der Waals surface area contributed by atoms with Gasteiger partial charge in [-0.05, 0) is 31.7 Å². The molecular weight excluding hydrogens is 352 g/mol. The Kier molecular flexibility index (Phi) is 5.93. The van der Waals surface area contributed by atoms with Gasteiger partial charge < -0.3 is 10.6 Å². The Labute approximate surface area is 165 Å². The zero-order valence-corrected chi connectivity index (χ0v) is 16.5. The minimum atomic E-state index is -0.142. The lowest BCUT2D eigenvalue weighted by Gasteiger charge is -2.18. The van der Waals surface area contributed by atoms with Crippen LogP contribution in [0.15, 0.2) is 29.1 Å². The summed E-state index contributed by atoms with van der Waals surface area (Å²) >= 11 is 0. The van der Waals surface area contributed by atoms with E-state index in [0.29, 0.717) is 11.9 Å². The van der Waals surface area contributed by atoms with Crippen molar-refractivity contribution in [3.63, 3.8) is 0 Å². The average Bonchev–Trinajstić information content (AvgIpc) is 3.13. The van der Waals surface area contributed by atoms with E-state index in [1.165, 1.54) is 25.7 Å². The first kappa shape index (κ1) is 19.0. The van der Waals surface area contributed by atoms with Crippen molar-refractivity contribution in [3.05, 3.63) is 40.3 Å². The van der Waals surface area contributed by atoms with Gasteiger partial charge in [0.15, 0.2) is 0 Å². The number of hydrogen-bond acceptors (Lipinski definition) is 3. The number of fused-ring (bicyclic) bond motifs is 1. The maximum atomic E-state index is 12.9. The molecule has 2 amide bonds. The molecule has 2 aliphatic rings. The third-order valence-electron chi connectivity index (χ3n) is 6.18. The first-order valence-electron chi connectivity index (χ1n) is 10.8. The Hall–Kier alpha value is -2.37. The Balaban J connectivity index is 1.51. The van der Waals surface area contributed by atoms with E-state index in [9.17, 15) is 9.59 Å². The Morgan fingerprint density at radius 1 is 0.964 bits per heavy atom. The summed E-state index contributed by atoms with van der Waals surface area (Å²) in [5.74, 6) is 0. The summed E-state index contributed by atoms with van der Waals surface area (Å²) in [7, 11) is 0. The van der Waals surface area contributed by atoms with Gasteiger partial charge in [-0.1, -0.05) is 56.7 Å². The molecule has 2 aliphatic carbocycles. The molecule has 6 nitrogen and oxygen atoms in total. The van der Waals surface area contributed by atoms with Gasteiger partial charge in [0.25, 0.3) is 5.56 Å². The fourth-order valence-electron chi connectivity index (χ4n) is 4.63. The number of nitrogens with zero attached hydrogens (tertiary/aromatic N) is 2. The second kappa shape index (κ2) is 8.76. The molecule has 28 heavy (non-hydrogen) atoms. The molecule has 1 aromatic carbocycles. The van der Waals surface area contributed by atoms with E-state index in [2.05, 4.69) is 15.7 Å². The van der Waals surface area contributed by atoms with E-state index in [1.807, 2.05) is 24.3 Å². The molecule has 2 fully saturated rings. The van der Waals surface area contributed by atoms with Crippen molar-refractivity contribution >= 4 is 16.8 Å². The number of benzene rings is 1. The number of amides is 2. The van der Waals surface area contributed by atoms with Crippen LogP contribution in [-0.4, -0.2) is 21.9 Å². The number of urea groups is 1. The zero-order valence-electron chi connectivity index (χ0n) is 16.5. The molecule has 4 rings (SSSR count). The molecule has 0 radical (unpaired) electrons. The molecule has 0 atom stereocenters. The van der Waals surface area contributed by atoms with Gasteiger partial charge in [-0.2, -0.15) is 5.10 Å². The van der Waals surface area contributed by atoms with Crippen molar-refractivity contribution in [2.45, 2.75) is 82.8 Å². The van der Waals surface area contributed by atoms with E-state index >= 15 is 0 Å². The molecule has 6 heteroatoms. The van der Waals surface area contributed by atoms with Gasteiger partial charge >= 0.3 is 6.03 Å². The highest BCUT2D eigenvalue weighted by atomic mass is 16.2. The van der Waals surface area contributed by atoms with Crippen molar-refractivity contribution in [2.24, 2.45) is 0 Å². The molecule has 2 saturated carbocycles. The second-order valence-electron chi connectivity index (χ2n) is 8.20. The lowest BCUT2D eigenvalue weighted by Crippen LogP contribution is -2.42. The standard InChI is InChI=1S/C22H30N4O2/c27-21-19-14-8-7-13-18(19)20(25-26(21)17-11-5-6-12-17)15-23-22(28)24-16-9-3-1-2-4-10-16/h7-8,13-14,16-17H,1-6,9-12,15H2,(H2,23,24,28). The summed E-state index contributed by atoms with van der Waals surface area (Å²) in [6.07, 6.45) is 11.3. The number of rotatable bonds is 4. The normalized spacial score (nSPS) is 18.9. The maximum absolute atomic E-state index is 12.9. The quantitative estimate of drug-likeness (QED) is 0.784. The highest BCUT2D eigenvalue weighted by Crippen LogP contribution is 2.28. The minimum Gasteiger partial charge on any atom is -0.335 e. The molecule has 0 bridgehead atoms. The molecule has 0 saturated heterocycles. The van der Waals surface area contributed by atoms with E-state index in [0.717, 1.165) is 49.6 Å². The molecule has 2 aromatic rings. The summed E-state index contributed by atoms with van der Waals surface area (Å²) in [5.41, 5.74) is 0.743. The van der Waals surface area contributed by atoms with Crippen molar-refractivity contribution < 1.29 is 4.79 Å². The molecule has 150 valence electrons. The predicted molar refractivity (Wildman–Crippen MR) is 110 cm³/mol. The van der Waals surface area contributed by atoms with Crippen LogP contribution in [0, 0.1) is 0 Å². The maximum Gasteiger partial charge on any atom is 0.315 e. The van der Waals surface area contributed by atoms with E-state index in [1.54, 1.807) is 4.68 Å². The van der Waals surface area contributed by atoms with Crippen LogP contribution < -0.4 is 16.2 Å². The number of hydrogen-bond donors (Lipinski definition) is 2. The SMILES string of the molecule is O=C(NCc1nn(C2CCCC2)c(=O)c2ccccc12)NC1CCCCCC1. The van der Waals surface area contributed by atoms with Gasteiger partial charge in [0.2, 0.25) is 0 Å². The summed E-state index contributed by atoms with van der Waals surface area (Å²) in [6, 6.07) is 7.88. The number of nitrogens with one attached hydrogen (secondary N) is 2. The van der Waals surface area contributed by atoms with Gasteiger partial charge in [0.05, 0.1) is 23.7 Å². The van der Waals surface area contributed by atoms with E-state index < -0.39 is 0 Å². The molecule has 1 aromatic heterocycles. The van der Waals surface area contributed by atoms with Gasteiger partial charge in [0, 0.05) is 11.4 Å². The average molecular weight is 383 g/mol. The predicted octanol–water partition coefficient (Wildman–Crippen LogP) is 4.03. The van der Waals surface area contributed by atoms with E-state index in [4.69, 9.17) is 0 Å². The fourth-order valence-corrected chi connectivity index (χ4v) is 4.63. The summed E-state index contributed by atoms with van der Waals surface area (Å²) in [5, 5.41) is 12.3. The lowest BCUT2D eigenvalue weighted by atomic mass is 10.1. The fraction of sp³-hybridized carbons (Fsp3) is 0.591. The first-order chi connectivity index (χ1) is 13.7. The highest BCUT2D eigenvalue weighted by Gasteiger charge is 2.22. The smallest absolute Gasteiger partial charge is 0.315 e. The van der Waals surface area contributed by atoms with Crippen LogP contribution in [0.25, 0.3) is 10.8 Å². The second-order valence-corrected chi connectivity index (χ2v) is 8.20. The molecule has 0 unspecified atom stereocenters. The Morgan fingerprint density at radius 3 is 2.32 bits per heavy atom.